The number of carbonyl (C=O) groups is 2. The van der Waals surface area contributed by atoms with Gasteiger partial charge in [-0.3, -0.25) is 9.59 Å². The van der Waals surface area contributed by atoms with Gasteiger partial charge in [0, 0.05) is 42.8 Å². The molecule has 1 saturated heterocycles. The van der Waals surface area contributed by atoms with Crippen LogP contribution in [0.3, 0.4) is 0 Å². The topological polar surface area (TPSA) is 113 Å². The van der Waals surface area contributed by atoms with E-state index < -0.39 is 0 Å². The number of carbonyl (C=O) groups excluding carboxylic acids is 2. The van der Waals surface area contributed by atoms with E-state index in [0.717, 1.165) is 24.2 Å². The fraction of sp³-hybridized carbons (Fsp3) is 0.360. The van der Waals surface area contributed by atoms with E-state index in [0.29, 0.717) is 48.2 Å². The van der Waals surface area contributed by atoms with Crippen LogP contribution in [-0.2, 0) is 4.79 Å². The summed E-state index contributed by atoms with van der Waals surface area (Å²) in [6.45, 7) is 6.60. The maximum atomic E-state index is 13.1. The van der Waals surface area contributed by atoms with E-state index in [1.807, 2.05) is 19.9 Å². The third-order valence-electron chi connectivity index (χ3n) is 5.82. The molecule has 10 heteroatoms. The predicted molar refractivity (Wildman–Crippen MR) is 129 cm³/mol. The molecule has 9 nitrogen and oxygen atoms in total. The molecule has 0 radical (unpaired) electrons. The number of likely N-dealkylation sites (tertiary alicyclic amines) is 1. The highest BCUT2D eigenvalue weighted by molar-refractivity contribution is 6.04. The SMILES string of the molecule is Cc1cc(C)nc(NCCC(=O)N2CCC[C@@H]2c2ncc(C(=O)Nc3ccc(F)cc3)c(C)n2)n1. The Bertz CT molecular complexity index is 1210. The molecule has 1 atom stereocenters. The molecule has 1 aliphatic heterocycles. The van der Waals surface area contributed by atoms with E-state index in [4.69, 9.17) is 0 Å². The summed E-state index contributed by atoms with van der Waals surface area (Å²) in [4.78, 5) is 45.0. The molecule has 1 fully saturated rings. The van der Waals surface area contributed by atoms with E-state index >= 15 is 0 Å². The van der Waals surface area contributed by atoms with Crippen LogP contribution in [0.25, 0.3) is 0 Å². The highest BCUT2D eigenvalue weighted by Crippen LogP contribution is 2.30. The fourth-order valence-corrected chi connectivity index (χ4v) is 4.16. The second-order valence-corrected chi connectivity index (χ2v) is 8.58. The van der Waals surface area contributed by atoms with Crippen molar-refractivity contribution in [3.05, 3.63) is 70.8 Å². The maximum Gasteiger partial charge on any atom is 0.259 e. The van der Waals surface area contributed by atoms with Gasteiger partial charge in [0.1, 0.15) is 5.82 Å². The van der Waals surface area contributed by atoms with Crippen LogP contribution in [0, 0.1) is 26.6 Å². The van der Waals surface area contributed by atoms with Gasteiger partial charge >= 0.3 is 0 Å². The molecule has 0 bridgehead atoms. The minimum Gasteiger partial charge on any atom is -0.354 e. The van der Waals surface area contributed by atoms with Crippen LogP contribution in [0.15, 0.2) is 36.5 Å². The van der Waals surface area contributed by atoms with Crippen LogP contribution in [0.2, 0.25) is 0 Å². The Morgan fingerprint density at radius 2 is 1.80 bits per heavy atom. The van der Waals surface area contributed by atoms with E-state index in [9.17, 15) is 14.0 Å². The number of benzene rings is 1. The molecule has 182 valence electrons. The second kappa shape index (κ2) is 10.5. The average Bonchev–Trinajstić information content (AvgIpc) is 3.30. The summed E-state index contributed by atoms with van der Waals surface area (Å²) in [6.07, 6.45) is 3.40. The molecular weight excluding hydrogens is 449 g/mol. The molecule has 3 heterocycles. The fourth-order valence-electron chi connectivity index (χ4n) is 4.16. The zero-order valence-corrected chi connectivity index (χ0v) is 20.0. The Hall–Kier alpha value is -3.95. The monoisotopic (exact) mass is 477 g/mol. The number of aryl methyl sites for hydroxylation is 3. The summed E-state index contributed by atoms with van der Waals surface area (Å²) < 4.78 is 13.1. The maximum absolute atomic E-state index is 13.1. The Morgan fingerprint density at radius 3 is 2.49 bits per heavy atom. The van der Waals surface area contributed by atoms with Gasteiger partial charge in [-0.15, -0.1) is 0 Å². The summed E-state index contributed by atoms with van der Waals surface area (Å²) in [5.41, 5.74) is 3.06. The van der Waals surface area contributed by atoms with Crippen molar-refractivity contribution < 1.29 is 14.0 Å². The Kier molecular flexibility index (Phi) is 7.28. The number of nitrogens with one attached hydrogen (secondary N) is 2. The number of hydrogen-bond donors (Lipinski definition) is 2. The summed E-state index contributed by atoms with van der Waals surface area (Å²) in [5, 5.41) is 5.84. The highest BCUT2D eigenvalue weighted by atomic mass is 19.1. The third-order valence-corrected chi connectivity index (χ3v) is 5.82. The molecule has 0 aliphatic carbocycles. The van der Waals surface area contributed by atoms with Crippen LogP contribution in [0.1, 0.15) is 58.6 Å². The van der Waals surface area contributed by atoms with E-state index in [1.165, 1.54) is 30.5 Å². The Labute approximate surface area is 203 Å². The van der Waals surface area contributed by atoms with E-state index in [-0.39, 0.29) is 23.7 Å². The second-order valence-electron chi connectivity index (χ2n) is 8.58. The van der Waals surface area contributed by atoms with Crippen molar-refractivity contribution in [2.24, 2.45) is 0 Å². The lowest BCUT2D eigenvalue weighted by molar-refractivity contribution is -0.132. The lowest BCUT2D eigenvalue weighted by Crippen LogP contribution is -2.33. The molecule has 2 N–H and O–H groups in total. The zero-order chi connectivity index (χ0) is 24.9. The first-order valence-electron chi connectivity index (χ1n) is 11.6. The normalized spacial score (nSPS) is 15.2. The number of rotatable bonds is 7. The van der Waals surface area contributed by atoms with Gasteiger partial charge in [-0.05, 0) is 63.9 Å². The highest BCUT2D eigenvalue weighted by Gasteiger charge is 2.32. The number of halogens is 1. The van der Waals surface area contributed by atoms with Crippen LogP contribution in [-0.4, -0.2) is 49.7 Å². The molecule has 2 aromatic heterocycles. The van der Waals surface area contributed by atoms with Gasteiger partial charge in [0.05, 0.1) is 17.3 Å². The van der Waals surface area contributed by atoms with Crippen molar-refractivity contribution in [1.29, 1.82) is 0 Å². The van der Waals surface area contributed by atoms with Crippen molar-refractivity contribution >= 4 is 23.5 Å². The minimum atomic E-state index is -0.378. The largest absolute Gasteiger partial charge is 0.354 e. The lowest BCUT2D eigenvalue weighted by Gasteiger charge is -2.24. The van der Waals surface area contributed by atoms with Crippen molar-refractivity contribution in [3.8, 4) is 0 Å². The van der Waals surface area contributed by atoms with Crippen LogP contribution < -0.4 is 10.6 Å². The Morgan fingerprint density at radius 1 is 1.09 bits per heavy atom. The summed E-state index contributed by atoms with van der Waals surface area (Å²) in [6, 6.07) is 7.19. The van der Waals surface area contributed by atoms with Gasteiger partial charge in [0.2, 0.25) is 11.9 Å². The molecule has 4 rings (SSSR count). The molecule has 1 aromatic carbocycles. The van der Waals surface area contributed by atoms with Crippen molar-refractivity contribution in [3.63, 3.8) is 0 Å². The zero-order valence-electron chi connectivity index (χ0n) is 20.0. The first-order valence-corrected chi connectivity index (χ1v) is 11.6. The summed E-state index contributed by atoms with van der Waals surface area (Å²) >= 11 is 0. The van der Waals surface area contributed by atoms with Crippen molar-refractivity contribution in [1.82, 2.24) is 24.8 Å². The third kappa shape index (κ3) is 5.95. The van der Waals surface area contributed by atoms with Gasteiger partial charge in [-0.25, -0.2) is 24.3 Å². The van der Waals surface area contributed by atoms with Gasteiger partial charge in [0.15, 0.2) is 5.82 Å². The molecule has 3 aromatic rings. The van der Waals surface area contributed by atoms with Gasteiger partial charge in [-0.1, -0.05) is 0 Å². The van der Waals surface area contributed by atoms with E-state index in [1.54, 1.807) is 11.8 Å². The molecular formula is C25H28FN7O2. The van der Waals surface area contributed by atoms with Crippen molar-refractivity contribution in [2.75, 3.05) is 23.7 Å². The lowest BCUT2D eigenvalue weighted by atomic mass is 10.1. The minimum absolute atomic E-state index is 0.00348. The van der Waals surface area contributed by atoms with E-state index in [2.05, 4.69) is 30.6 Å². The molecule has 1 aliphatic rings. The standard InChI is InChI=1S/C25H28FN7O2/c1-15-13-16(2)30-25(29-15)27-11-10-22(34)33-12-4-5-21(33)23-28-14-20(17(3)31-23)24(35)32-19-8-6-18(26)7-9-19/h6-9,13-14,21H,4-5,10-12H2,1-3H3,(H,32,35)(H,27,29,30)/t21-/m1/s1. The van der Waals surface area contributed by atoms with Gasteiger partial charge < -0.3 is 15.5 Å². The number of nitrogens with zero attached hydrogens (tertiary/aromatic N) is 5. The summed E-state index contributed by atoms with van der Waals surface area (Å²) in [5.74, 6) is 0.291. The number of aromatic nitrogens is 4. The molecule has 0 unspecified atom stereocenters. The number of amides is 2. The molecule has 35 heavy (non-hydrogen) atoms. The average molecular weight is 478 g/mol. The molecule has 2 amide bonds. The quantitative estimate of drug-likeness (QED) is 0.533. The van der Waals surface area contributed by atoms with Crippen molar-refractivity contribution in [2.45, 2.75) is 46.1 Å². The van der Waals surface area contributed by atoms with Crippen LogP contribution in [0.4, 0.5) is 16.0 Å². The Balaban J connectivity index is 1.38. The first-order chi connectivity index (χ1) is 16.8. The number of hydrogen-bond acceptors (Lipinski definition) is 7. The van der Waals surface area contributed by atoms with Gasteiger partial charge in [-0.2, -0.15) is 0 Å². The van der Waals surface area contributed by atoms with Gasteiger partial charge in [0.25, 0.3) is 5.91 Å². The molecule has 0 spiro atoms. The van der Waals surface area contributed by atoms with Crippen LogP contribution in [0.5, 0.6) is 0 Å². The van der Waals surface area contributed by atoms with Crippen LogP contribution >= 0.6 is 0 Å². The first kappa shape index (κ1) is 24.2. The summed E-state index contributed by atoms with van der Waals surface area (Å²) in [7, 11) is 0. The predicted octanol–water partition coefficient (Wildman–Crippen LogP) is 3.75. The number of anilines is 2. The smallest absolute Gasteiger partial charge is 0.259 e. The molecule has 0 saturated carbocycles.